The summed E-state index contributed by atoms with van der Waals surface area (Å²) in [6.07, 6.45) is 0.695. The van der Waals surface area contributed by atoms with Crippen LogP contribution in [0.4, 0.5) is 14.6 Å². The van der Waals surface area contributed by atoms with Crippen LogP contribution in [0.1, 0.15) is 27.2 Å². The third-order valence-corrected chi connectivity index (χ3v) is 2.36. The SMILES string of the molecule is CCC(C)(C)Oc1nc(NC)c(F)cc1F. The molecule has 0 aliphatic carbocycles. The Bertz CT molecular complexity index is 380. The predicted molar refractivity (Wildman–Crippen MR) is 58.7 cm³/mol. The second-order valence-corrected chi connectivity index (χ2v) is 4.07. The van der Waals surface area contributed by atoms with Crippen molar-refractivity contribution in [2.75, 3.05) is 12.4 Å². The van der Waals surface area contributed by atoms with Crippen molar-refractivity contribution in [1.29, 1.82) is 0 Å². The lowest BCUT2D eigenvalue weighted by molar-refractivity contribution is 0.0929. The van der Waals surface area contributed by atoms with Gasteiger partial charge >= 0.3 is 0 Å². The van der Waals surface area contributed by atoms with E-state index in [1.807, 2.05) is 20.8 Å². The van der Waals surface area contributed by atoms with Gasteiger partial charge in [0.2, 0.25) is 0 Å². The van der Waals surface area contributed by atoms with E-state index in [1.165, 1.54) is 7.05 Å². The molecule has 0 bridgehead atoms. The second-order valence-electron chi connectivity index (χ2n) is 4.07. The smallest absolute Gasteiger partial charge is 0.253 e. The molecule has 0 aliphatic rings. The number of rotatable bonds is 4. The first-order valence-corrected chi connectivity index (χ1v) is 5.12. The first kappa shape index (κ1) is 12.7. The van der Waals surface area contributed by atoms with Gasteiger partial charge in [-0.05, 0) is 20.3 Å². The number of hydrogen-bond acceptors (Lipinski definition) is 3. The number of halogens is 2. The molecule has 0 radical (unpaired) electrons. The van der Waals surface area contributed by atoms with Crippen LogP contribution in [0.2, 0.25) is 0 Å². The number of pyridine rings is 1. The fourth-order valence-corrected chi connectivity index (χ4v) is 1.03. The molecule has 5 heteroatoms. The molecule has 0 saturated heterocycles. The minimum atomic E-state index is -0.793. The number of nitrogens with one attached hydrogen (secondary N) is 1. The summed E-state index contributed by atoms with van der Waals surface area (Å²) >= 11 is 0. The molecule has 0 spiro atoms. The molecule has 0 saturated carbocycles. The van der Waals surface area contributed by atoms with Crippen LogP contribution in [0.5, 0.6) is 5.88 Å². The van der Waals surface area contributed by atoms with Crippen LogP contribution < -0.4 is 10.1 Å². The lowest BCUT2D eigenvalue weighted by atomic mass is 10.1. The molecule has 0 unspecified atom stereocenters. The third kappa shape index (κ3) is 2.81. The van der Waals surface area contributed by atoms with Crippen LogP contribution in [0.3, 0.4) is 0 Å². The monoisotopic (exact) mass is 230 g/mol. The zero-order valence-corrected chi connectivity index (χ0v) is 9.90. The maximum atomic E-state index is 13.4. The van der Waals surface area contributed by atoms with E-state index in [4.69, 9.17) is 4.74 Å². The number of hydrogen-bond donors (Lipinski definition) is 1. The van der Waals surface area contributed by atoms with Gasteiger partial charge in [-0.2, -0.15) is 4.98 Å². The summed E-state index contributed by atoms with van der Waals surface area (Å²) < 4.78 is 31.9. The highest BCUT2D eigenvalue weighted by molar-refractivity contribution is 5.39. The average molecular weight is 230 g/mol. The Morgan fingerprint density at radius 2 is 2.00 bits per heavy atom. The second kappa shape index (κ2) is 4.63. The summed E-state index contributed by atoms with van der Waals surface area (Å²) in [6, 6.07) is 0.764. The Morgan fingerprint density at radius 3 is 2.50 bits per heavy atom. The van der Waals surface area contributed by atoms with Gasteiger partial charge in [-0.1, -0.05) is 6.92 Å². The first-order valence-electron chi connectivity index (χ1n) is 5.12. The van der Waals surface area contributed by atoms with Crippen LogP contribution in [0.25, 0.3) is 0 Å². The van der Waals surface area contributed by atoms with E-state index in [9.17, 15) is 8.78 Å². The summed E-state index contributed by atoms with van der Waals surface area (Å²) in [6.45, 7) is 5.55. The van der Waals surface area contributed by atoms with Crippen molar-refractivity contribution in [2.24, 2.45) is 0 Å². The van der Waals surface area contributed by atoms with Crippen LogP contribution >= 0.6 is 0 Å². The molecule has 1 aromatic heterocycles. The molecule has 16 heavy (non-hydrogen) atoms. The quantitative estimate of drug-likeness (QED) is 0.863. The fourth-order valence-electron chi connectivity index (χ4n) is 1.03. The molecular formula is C11H16F2N2O. The largest absolute Gasteiger partial charge is 0.470 e. The minimum Gasteiger partial charge on any atom is -0.470 e. The van der Waals surface area contributed by atoms with Crippen molar-refractivity contribution in [1.82, 2.24) is 4.98 Å². The van der Waals surface area contributed by atoms with E-state index in [0.29, 0.717) is 6.42 Å². The van der Waals surface area contributed by atoms with Crippen molar-refractivity contribution in [3.8, 4) is 5.88 Å². The van der Waals surface area contributed by atoms with Crippen LogP contribution in [0.15, 0.2) is 6.07 Å². The van der Waals surface area contributed by atoms with E-state index in [0.717, 1.165) is 6.07 Å². The van der Waals surface area contributed by atoms with Crippen molar-refractivity contribution < 1.29 is 13.5 Å². The zero-order valence-electron chi connectivity index (χ0n) is 9.90. The summed E-state index contributed by atoms with van der Waals surface area (Å²) in [5.74, 6) is -1.74. The molecule has 1 N–H and O–H groups in total. The Hall–Kier alpha value is -1.39. The van der Waals surface area contributed by atoms with Gasteiger partial charge in [-0.25, -0.2) is 8.78 Å². The van der Waals surface area contributed by atoms with Gasteiger partial charge in [-0.15, -0.1) is 0 Å². The van der Waals surface area contributed by atoms with Crippen LogP contribution in [-0.2, 0) is 0 Å². The van der Waals surface area contributed by atoms with Crippen molar-refractivity contribution in [3.63, 3.8) is 0 Å². The van der Waals surface area contributed by atoms with Crippen molar-refractivity contribution in [2.45, 2.75) is 32.8 Å². The van der Waals surface area contributed by atoms with E-state index in [2.05, 4.69) is 10.3 Å². The Balaban J connectivity index is 3.05. The maximum Gasteiger partial charge on any atom is 0.253 e. The Kier molecular flexibility index (Phi) is 3.67. The standard InChI is InChI=1S/C11H16F2N2O/c1-5-11(2,3)16-10-8(13)6-7(12)9(14-4)15-10/h6H,5H2,1-4H3,(H,14,15). The molecule has 3 nitrogen and oxygen atoms in total. The van der Waals surface area contributed by atoms with Gasteiger partial charge in [0.05, 0.1) is 0 Å². The highest BCUT2D eigenvalue weighted by Gasteiger charge is 2.21. The van der Waals surface area contributed by atoms with Crippen molar-refractivity contribution in [3.05, 3.63) is 17.7 Å². The molecule has 1 heterocycles. The third-order valence-electron chi connectivity index (χ3n) is 2.36. The molecule has 0 amide bonds. The summed E-state index contributed by atoms with van der Waals surface area (Å²) in [5, 5.41) is 2.53. The highest BCUT2D eigenvalue weighted by atomic mass is 19.1. The molecule has 0 aromatic carbocycles. The predicted octanol–water partition coefficient (Wildman–Crippen LogP) is 2.97. The number of anilines is 1. The fraction of sp³-hybridized carbons (Fsp3) is 0.545. The molecule has 0 fully saturated rings. The lowest BCUT2D eigenvalue weighted by Gasteiger charge is -2.24. The first-order chi connectivity index (χ1) is 7.39. The van der Waals surface area contributed by atoms with Gasteiger partial charge in [0.25, 0.3) is 5.88 Å². The molecule has 0 atom stereocenters. The van der Waals surface area contributed by atoms with E-state index >= 15 is 0 Å². The lowest BCUT2D eigenvalue weighted by Crippen LogP contribution is -2.28. The van der Waals surface area contributed by atoms with Gasteiger partial charge in [0, 0.05) is 13.1 Å². The normalized spacial score (nSPS) is 11.4. The molecule has 1 aromatic rings. The van der Waals surface area contributed by atoms with Gasteiger partial charge in [-0.3, -0.25) is 0 Å². The van der Waals surface area contributed by atoms with Crippen LogP contribution in [-0.4, -0.2) is 17.6 Å². The number of ether oxygens (including phenoxy) is 1. The summed E-state index contributed by atoms with van der Waals surface area (Å²) in [5.41, 5.74) is -0.531. The maximum absolute atomic E-state index is 13.4. The highest BCUT2D eigenvalue weighted by Crippen LogP contribution is 2.25. The molecule has 90 valence electrons. The average Bonchev–Trinajstić information content (AvgIpc) is 2.22. The van der Waals surface area contributed by atoms with Gasteiger partial charge in [0.1, 0.15) is 5.60 Å². The zero-order chi connectivity index (χ0) is 12.3. The Labute approximate surface area is 93.8 Å². The molecule has 0 aliphatic heterocycles. The molecular weight excluding hydrogens is 214 g/mol. The summed E-state index contributed by atoms with van der Waals surface area (Å²) in [7, 11) is 1.51. The van der Waals surface area contributed by atoms with Crippen LogP contribution in [0, 0.1) is 11.6 Å². The summed E-state index contributed by atoms with van der Waals surface area (Å²) in [4.78, 5) is 3.74. The number of nitrogens with zero attached hydrogens (tertiary/aromatic N) is 1. The Morgan fingerprint density at radius 1 is 1.38 bits per heavy atom. The molecule has 1 rings (SSSR count). The van der Waals surface area contributed by atoms with Gasteiger partial charge < -0.3 is 10.1 Å². The van der Waals surface area contributed by atoms with E-state index in [-0.39, 0.29) is 11.7 Å². The number of aromatic nitrogens is 1. The topological polar surface area (TPSA) is 34.1 Å². The van der Waals surface area contributed by atoms with E-state index in [1.54, 1.807) is 0 Å². The minimum absolute atomic E-state index is 0.0247. The van der Waals surface area contributed by atoms with Gasteiger partial charge in [0.15, 0.2) is 17.5 Å². The van der Waals surface area contributed by atoms with Crippen molar-refractivity contribution >= 4 is 5.82 Å². The van der Waals surface area contributed by atoms with E-state index < -0.39 is 17.2 Å².